The van der Waals surface area contributed by atoms with Crippen molar-refractivity contribution in [2.45, 2.75) is 18.9 Å². The van der Waals surface area contributed by atoms with Gasteiger partial charge in [-0.15, -0.1) is 10.2 Å². The highest BCUT2D eigenvalue weighted by molar-refractivity contribution is 5.92. The molecule has 6 nitrogen and oxygen atoms in total. The molecule has 0 saturated carbocycles. The molecule has 1 saturated heterocycles. The molecule has 1 fully saturated rings. The van der Waals surface area contributed by atoms with Crippen LogP contribution < -0.4 is 16.0 Å². The fourth-order valence-corrected chi connectivity index (χ4v) is 3.50. The molecule has 2 aromatic carbocycles. The minimum Gasteiger partial charge on any atom is -0.355 e. The Morgan fingerprint density at radius 3 is 2.52 bits per heavy atom. The summed E-state index contributed by atoms with van der Waals surface area (Å²) in [5, 5.41) is 13.6. The molecule has 138 valence electrons. The van der Waals surface area contributed by atoms with Crippen LogP contribution in [0.3, 0.4) is 0 Å². The average molecular weight is 361 g/mol. The maximum absolute atomic E-state index is 12.6. The zero-order valence-electron chi connectivity index (χ0n) is 15.1. The van der Waals surface area contributed by atoms with Gasteiger partial charge in [0, 0.05) is 19.6 Å². The third-order valence-corrected chi connectivity index (χ3v) is 5.03. The summed E-state index contributed by atoms with van der Waals surface area (Å²) in [4.78, 5) is 14.8. The number of nitrogens with two attached hydrogens (primary N) is 1. The summed E-state index contributed by atoms with van der Waals surface area (Å²) in [5.41, 5.74) is 7.21. The standard InChI is InChI=1S/C21H23N5O/c22-14-19(17-8-7-15-5-1-2-6-16(15)13-17)23-21(27)18-9-10-20(25-24-18)26-11-3-4-12-26/h1-2,5-10,13,19H,3-4,11-12,14,22H2,(H,23,27). The second-order valence-electron chi connectivity index (χ2n) is 6.84. The Morgan fingerprint density at radius 2 is 1.81 bits per heavy atom. The van der Waals surface area contributed by atoms with E-state index in [9.17, 15) is 4.79 Å². The highest BCUT2D eigenvalue weighted by Crippen LogP contribution is 2.21. The van der Waals surface area contributed by atoms with Crippen LogP contribution in [0.1, 0.15) is 34.9 Å². The predicted molar refractivity (Wildman–Crippen MR) is 107 cm³/mol. The highest BCUT2D eigenvalue weighted by Gasteiger charge is 2.18. The molecule has 2 heterocycles. The lowest BCUT2D eigenvalue weighted by molar-refractivity contribution is 0.0932. The molecular formula is C21H23N5O. The number of nitrogens with one attached hydrogen (secondary N) is 1. The van der Waals surface area contributed by atoms with E-state index >= 15 is 0 Å². The number of carbonyl (C=O) groups excluding carboxylic acids is 1. The normalized spacial score (nSPS) is 15.1. The maximum Gasteiger partial charge on any atom is 0.272 e. The molecule has 27 heavy (non-hydrogen) atoms. The lowest BCUT2D eigenvalue weighted by Gasteiger charge is -2.18. The Hall–Kier alpha value is -2.99. The molecule has 1 aliphatic heterocycles. The van der Waals surface area contributed by atoms with Crippen molar-refractivity contribution in [1.29, 1.82) is 0 Å². The smallest absolute Gasteiger partial charge is 0.272 e. The largest absolute Gasteiger partial charge is 0.355 e. The van der Waals surface area contributed by atoms with Crippen LogP contribution in [0.15, 0.2) is 54.6 Å². The molecule has 3 aromatic rings. The summed E-state index contributed by atoms with van der Waals surface area (Å²) in [6, 6.07) is 17.5. The van der Waals surface area contributed by atoms with Crippen LogP contribution in [0.25, 0.3) is 10.8 Å². The van der Waals surface area contributed by atoms with Gasteiger partial charge in [-0.2, -0.15) is 0 Å². The monoisotopic (exact) mass is 361 g/mol. The summed E-state index contributed by atoms with van der Waals surface area (Å²) < 4.78 is 0. The van der Waals surface area contributed by atoms with Gasteiger partial charge in [-0.25, -0.2) is 0 Å². The molecule has 3 N–H and O–H groups in total. The number of rotatable bonds is 5. The van der Waals surface area contributed by atoms with Crippen LogP contribution in [0, 0.1) is 0 Å². The Balaban J connectivity index is 1.49. The molecule has 4 rings (SSSR count). The van der Waals surface area contributed by atoms with Gasteiger partial charge in [0.05, 0.1) is 6.04 Å². The van der Waals surface area contributed by atoms with Gasteiger partial charge in [-0.3, -0.25) is 4.79 Å². The van der Waals surface area contributed by atoms with Crippen LogP contribution in [0.2, 0.25) is 0 Å². The second kappa shape index (κ2) is 7.72. The van der Waals surface area contributed by atoms with Crippen LogP contribution >= 0.6 is 0 Å². The lowest BCUT2D eigenvalue weighted by Crippen LogP contribution is -2.34. The number of carbonyl (C=O) groups is 1. The third kappa shape index (κ3) is 3.75. The molecule has 1 atom stereocenters. The van der Waals surface area contributed by atoms with Crippen LogP contribution in [0.5, 0.6) is 0 Å². The molecule has 0 spiro atoms. The zero-order chi connectivity index (χ0) is 18.6. The van der Waals surface area contributed by atoms with Gasteiger partial charge in [0.15, 0.2) is 11.5 Å². The third-order valence-electron chi connectivity index (χ3n) is 5.03. The first-order valence-corrected chi connectivity index (χ1v) is 9.33. The van der Waals surface area contributed by atoms with E-state index in [0.29, 0.717) is 12.2 Å². The van der Waals surface area contributed by atoms with E-state index in [1.165, 1.54) is 12.8 Å². The second-order valence-corrected chi connectivity index (χ2v) is 6.84. The molecule has 0 aliphatic carbocycles. The van der Waals surface area contributed by atoms with E-state index in [-0.39, 0.29) is 11.9 Å². The van der Waals surface area contributed by atoms with E-state index in [1.54, 1.807) is 6.07 Å². The van der Waals surface area contributed by atoms with E-state index in [0.717, 1.165) is 35.2 Å². The van der Waals surface area contributed by atoms with Crippen molar-refractivity contribution in [1.82, 2.24) is 15.5 Å². The summed E-state index contributed by atoms with van der Waals surface area (Å²) in [5.74, 6) is 0.563. The minimum absolute atomic E-state index is 0.265. The number of anilines is 1. The molecule has 1 unspecified atom stereocenters. The van der Waals surface area contributed by atoms with Gasteiger partial charge in [0.2, 0.25) is 0 Å². The lowest BCUT2D eigenvalue weighted by atomic mass is 10.0. The maximum atomic E-state index is 12.6. The fraction of sp³-hybridized carbons (Fsp3) is 0.286. The number of benzene rings is 2. The summed E-state index contributed by atoms with van der Waals surface area (Å²) in [7, 11) is 0. The number of aromatic nitrogens is 2. The van der Waals surface area contributed by atoms with Crippen molar-refractivity contribution >= 4 is 22.5 Å². The van der Waals surface area contributed by atoms with Crippen molar-refractivity contribution in [3.8, 4) is 0 Å². The van der Waals surface area contributed by atoms with Gasteiger partial charge in [0.1, 0.15) is 0 Å². The van der Waals surface area contributed by atoms with Gasteiger partial charge >= 0.3 is 0 Å². The SMILES string of the molecule is NCC(NC(=O)c1ccc(N2CCCC2)nn1)c1ccc2ccccc2c1. The number of fused-ring (bicyclic) bond motifs is 1. The first kappa shape index (κ1) is 17.4. The predicted octanol–water partition coefficient (Wildman–Crippen LogP) is 2.66. The van der Waals surface area contributed by atoms with Crippen molar-refractivity contribution in [2.75, 3.05) is 24.5 Å². The molecule has 1 amide bonds. The van der Waals surface area contributed by atoms with Gasteiger partial charge in [-0.05, 0) is 47.4 Å². The summed E-state index contributed by atoms with van der Waals surface area (Å²) in [6.07, 6.45) is 2.35. The molecule has 0 bridgehead atoms. The quantitative estimate of drug-likeness (QED) is 0.730. The topological polar surface area (TPSA) is 84.1 Å². The average Bonchev–Trinajstić information content (AvgIpc) is 3.26. The first-order valence-electron chi connectivity index (χ1n) is 9.33. The minimum atomic E-state index is -0.276. The Labute approximate surface area is 158 Å². The summed E-state index contributed by atoms with van der Waals surface area (Å²) in [6.45, 7) is 2.30. The van der Waals surface area contributed by atoms with Crippen molar-refractivity contribution in [3.63, 3.8) is 0 Å². The molecule has 1 aromatic heterocycles. The molecular weight excluding hydrogens is 338 g/mol. The fourth-order valence-electron chi connectivity index (χ4n) is 3.50. The van der Waals surface area contributed by atoms with Crippen molar-refractivity contribution < 1.29 is 4.79 Å². The van der Waals surface area contributed by atoms with E-state index < -0.39 is 0 Å². The van der Waals surface area contributed by atoms with E-state index in [2.05, 4.69) is 38.6 Å². The number of nitrogens with zero attached hydrogens (tertiary/aromatic N) is 3. The van der Waals surface area contributed by atoms with E-state index in [1.807, 2.05) is 30.3 Å². The number of amides is 1. The summed E-state index contributed by atoms with van der Waals surface area (Å²) >= 11 is 0. The van der Waals surface area contributed by atoms with Gasteiger partial charge in [0.25, 0.3) is 5.91 Å². The number of hydrogen-bond acceptors (Lipinski definition) is 5. The Morgan fingerprint density at radius 1 is 1.04 bits per heavy atom. The van der Waals surface area contributed by atoms with Crippen LogP contribution in [-0.2, 0) is 0 Å². The highest BCUT2D eigenvalue weighted by atomic mass is 16.2. The van der Waals surface area contributed by atoms with Crippen LogP contribution in [0.4, 0.5) is 5.82 Å². The zero-order valence-corrected chi connectivity index (χ0v) is 15.1. The molecule has 0 radical (unpaired) electrons. The van der Waals surface area contributed by atoms with Gasteiger partial charge in [-0.1, -0.05) is 36.4 Å². The molecule has 6 heteroatoms. The van der Waals surface area contributed by atoms with E-state index in [4.69, 9.17) is 5.73 Å². The van der Waals surface area contributed by atoms with Crippen molar-refractivity contribution in [3.05, 3.63) is 65.9 Å². The Bertz CT molecular complexity index is 935. The Kier molecular flexibility index (Phi) is 4.98. The van der Waals surface area contributed by atoms with Crippen molar-refractivity contribution in [2.24, 2.45) is 5.73 Å². The molecule has 1 aliphatic rings. The number of hydrogen-bond donors (Lipinski definition) is 2. The first-order chi connectivity index (χ1) is 13.2. The van der Waals surface area contributed by atoms with Gasteiger partial charge < -0.3 is 16.0 Å². The van der Waals surface area contributed by atoms with Crippen LogP contribution in [-0.4, -0.2) is 35.7 Å².